The van der Waals surface area contributed by atoms with Crippen molar-refractivity contribution in [2.24, 2.45) is 0 Å². The molecule has 1 heterocycles. The van der Waals surface area contributed by atoms with Crippen LogP contribution in [0.1, 0.15) is 37.5 Å². The monoisotopic (exact) mass is 305 g/mol. The first-order chi connectivity index (χ1) is 10.0. The third-order valence-electron chi connectivity index (χ3n) is 3.58. The van der Waals surface area contributed by atoms with Gasteiger partial charge in [-0.25, -0.2) is 19.0 Å². The molecule has 0 saturated carbocycles. The van der Waals surface area contributed by atoms with Crippen molar-refractivity contribution in [2.75, 3.05) is 0 Å². The van der Waals surface area contributed by atoms with E-state index in [0.29, 0.717) is 11.1 Å². The number of aromatic nitrogens is 3. The molecule has 0 atom stereocenters. The number of hydrogen-bond acceptors (Lipinski definition) is 4. The predicted molar refractivity (Wildman–Crippen MR) is 83.1 cm³/mol. The van der Waals surface area contributed by atoms with E-state index in [0.717, 1.165) is 10.1 Å². The summed E-state index contributed by atoms with van der Waals surface area (Å²) in [6.45, 7) is 9.25. The predicted octanol–water partition coefficient (Wildman–Crippen LogP) is 0.834. The van der Waals surface area contributed by atoms with E-state index in [-0.39, 0.29) is 16.9 Å². The Morgan fingerprint density at radius 3 is 2.00 bits per heavy atom. The smallest absolute Gasteiger partial charge is 0.338 e. The van der Waals surface area contributed by atoms with Gasteiger partial charge in [0.2, 0.25) is 0 Å². The molecule has 7 nitrogen and oxygen atoms in total. The molecular formula is C15H19N3O4. The first-order valence-corrected chi connectivity index (χ1v) is 6.83. The summed E-state index contributed by atoms with van der Waals surface area (Å²) >= 11 is 0. The van der Waals surface area contributed by atoms with Gasteiger partial charge in [0.05, 0.1) is 5.69 Å². The van der Waals surface area contributed by atoms with Gasteiger partial charge in [-0.3, -0.25) is 9.97 Å². The van der Waals surface area contributed by atoms with Crippen molar-refractivity contribution in [3.63, 3.8) is 0 Å². The maximum atomic E-state index is 12.0. The highest BCUT2D eigenvalue weighted by Crippen LogP contribution is 2.37. The quantitative estimate of drug-likeness (QED) is 0.725. The van der Waals surface area contributed by atoms with Gasteiger partial charge in [-0.2, -0.15) is 0 Å². The zero-order valence-corrected chi connectivity index (χ0v) is 13.2. The van der Waals surface area contributed by atoms with Crippen LogP contribution in [-0.4, -0.2) is 19.6 Å². The van der Waals surface area contributed by atoms with Crippen LogP contribution in [-0.2, 0) is 5.41 Å². The maximum absolute atomic E-state index is 12.0. The van der Waals surface area contributed by atoms with Crippen LogP contribution in [0.2, 0.25) is 0 Å². The first kappa shape index (κ1) is 15.8. The average Bonchev–Trinajstić information content (AvgIpc) is 2.35. The molecule has 0 fully saturated rings. The van der Waals surface area contributed by atoms with Crippen LogP contribution in [0, 0.1) is 13.8 Å². The molecule has 0 spiro atoms. The van der Waals surface area contributed by atoms with Gasteiger partial charge in [0, 0.05) is 5.56 Å². The van der Waals surface area contributed by atoms with E-state index < -0.39 is 17.1 Å². The number of aromatic amines is 2. The fraction of sp³-hybridized carbons (Fsp3) is 0.400. The minimum absolute atomic E-state index is 0.0330. The lowest BCUT2D eigenvalue weighted by atomic mass is 9.83. The number of nitrogens with one attached hydrogen (secondary N) is 2. The third kappa shape index (κ3) is 2.49. The molecule has 0 aliphatic rings. The largest absolute Gasteiger partial charge is 0.507 e. The van der Waals surface area contributed by atoms with Crippen molar-refractivity contribution in [3.05, 3.63) is 54.2 Å². The molecule has 2 aromatic rings. The number of rotatable bonds is 1. The van der Waals surface area contributed by atoms with E-state index in [1.165, 1.54) is 0 Å². The Morgan fingerprint density at radius 2 is 1.55 bits per heavy atom. The van der Waals surface area contributed by atoms with Crippen molar-refractivity contribution < 1.29 is 5.11 Å². The maximum Gasteiger partial charge on any atom is 0.338 e. The van der Waals surface area contributed by atoms with E-state index in [1.54, 1.807) is 19.9 Å². The van der Waals surface area contributed by atoms with Crippen LogP contribution in [0.25, 0.3) is 5.69 Å². The summed E-state index contributed by atoms with van der Waals surface area (Å²) in [5.41, 5.74) is -0.791. The molecule has 1 aromatic heterocycles. The number of phenols is 1. The van der Waals surface area contributed by atoms with Gasteiger partial charge in [0.1, 0.15) is 5.75 Å². The lowest BCUT2D eigenvalue weighted by Crippen LogP contribution is -2.42. The van der Waals surface area contributed by atoms with Crippen LogP contribution in [0.3, 0.4) is 0 Å². The summed E-state index contributed by atoms with van der Waals surface area (Å²) in [7, 11) is 0. The summed E-state index contributed by atoms with van der Waals surface area (Å²) in [5, 5.41) is 10.4. The van der Waals surface area contributed by atoms with Gasteiger partial charge in [-0.05, 0) is 36.5 Å². The molecule has 0 unspecified atom stereocenters. The molecule has 0 aliphatic heterocycles. The Kier molecular flexibility index (Phi) is 3.60. The lowest BCUT2D eigenvalue weighted by Gasteiger charge is -2.24. The van der Waals surface area contributed by atoms with Crippen molar-refractivity contribution in [2.45, 2.75) is 40.0 Å². The van der Waals surface area contributed by atoms with E-state index in [1.807, 2.05) is 30.7 Å². The molecule has 7 heteroatoms. The summed E-state index contributed by atoms with van der Waals surface area (Å²) in [4.78, 5) is 39.1. The fourth-order valence-electron chi connectivity index (χ4n) is 2.51. The van der Waals surface area contributed by atoms with Gasteiger partial charge in [0.25, 0.3) is 0 Å². The van der Waals surface area contributed by atoms with Crippen LogP contribution in [0.5, 0.6) is 5.75 Å². The second-order valence-corrected chi connectivity index (χ2v) is 6.34. The standard InChI is InChI=1S/C15H19N3O4/c1-7-6-9(15(3,4)5)11(19)8(2)10(7)18-13(21)16-12(20)17-14(18)22/h6,19H,1-5H3,(H2,16,17,20,21,22). The minimum Gasteiger partial charge on any atom is -0.507 e. The summed E-state index contributed by atoms with van der Waals surface area (Å²) in [6.07, 6.45) is 0. The topological polar surface area (TPSA) is 108 Å². The van der Waals surface area contributed by atoms with E-state index in [4.69, 9.17) is 0 Å². The van der Waals surface area contributed by atoms with Crippen LogP contribution < -0.4 is 17.1 Å². The molecule has 118 valence electrons. The second-order valence-electron chi connectivity index (χ2n) is 6.34. The summed E-state index contributed by atoms with van der Waals surface area (Å²) in [6, 6.07) is 1.74. The molecule has 1 aromatic carbocycles. The van der Waals surface area contributed by atoms with Gasteiger partial charge in [-0.1, -0.05) is 20.8 Å². The number of hydrogen-bond donors (Lipinski definition) is 3. The van der Waals surface area contributed by atoms with Crippen molar-refractivity contribution in [3.8, 4) is 11.4 Å². The molecule has 22 heavy (non-hydrogen) atoms. The SMILES string of the molecule is Cc1cc(C(C)(C)C)c(O)c(C)c1-n1c(=O)[nH]c(=O)[nH]c1=O. The van der Waals surface area contributed by atoms with E-state index in [9.17, 15) is 19.5 Å². The highest BCUT2D eigenvalue weighted by molar-refractivity contribution is 5.58. The Balaban J connectivity index is 2.91. The zero-order valence-electron chi connectivity index (χ0n) is 13.2. The van der Waals surface area contributed by atoms with Gasteiger partial charge >= 0.3 is 17.1 Å². The summed E-state index contributed by atoms with van der Waals surface area (Å²) in [5.74, 6) is 0.0330. The van der Waals surface area contributed by atoms with Gasteiger partial charge < -0.3 is 5.11 Å². The van der Waals surface area contributed by atoms with Gasteiger partial charge in [0.15, 0.2) is 0 Å². The molecule has 0 aliphatic carbocycles. The second kappa shape index (κ2) is 5.01. The Bertz CT molecular complexity index is 876. The van der Waals surface area contributed by atoms with Crippen molar-refractivity contribution in [1.29, 1.82) is 0 Å². The number of phenolic OH excluding ortho intramolecular Hbond substituents is 1. The molecule has 0 radical (unpaired) electrons. The van der Waals surface area contributed by atoms with Gasteiger partial charge in [-0.15, -0.1) is 0 Å². The van der Waals surface area contributed by atoms with E-state index in [2.05, 4.69) is 0 Å². The first-order valence-electron chi connectivity index (χ1n) is 6.83. The normalized spacial score (nSPS) is 11.7. The third-order valence-corrected chi connectivity index (χ3v) is 3.58. The number of benzene rings is 1. The molecule has 0 amide bonds. The molecular weight excluding hydrogens is 286 g/mol. The number of nitrogens with zero attached hydrogens (tertiary/aromatic N) is 1. The molecule has 0 bridgehead atoms. The van der Waals surface area contributed by atoms with E-state index >= 15 is 0 Å². The fourth-order valence-corrected chi connectivity index (χ4v) is 2.51. The van der Waals surface area contributed by atoms with Crippen molar-refractivity contribution in [1.82, 2.24) is 14.5 Å². The average molecular weight is 305 g/mol. The zero-order chi connectivity index (χ0) is 16.8. The molecule has 2 rings (SSSR count). The molecule has 0 saturated heterocycles. The number of aryl methyl sites for hydroxylation is 1. The number of H-pyrrole nitrogens is 2. The highest BCUT2D eigenvalue weighted by atomic mass is 16.3. The Morgan fingerprint density at radius 1 is 1.05 bits per heavy atom. The highest BCUT2D eigenvalue weighted by Gasteiger charge is 2.23. The van der Waals surface area contributed by atoms with Crippen molar-refractivity contribution >= 4 is 0 Å². The van der Waals surface area contributed by atoms with Crippen LogP contribution >= 0.6 is 0 Å². The lowest BCUT2D eigenvalue weighted by molar-refractivity contribution is 0.442. The summed E-state index contributed by atoms with van der Waals surface area (Å²) < 4.78 is 0.818. The van der Waals surface area contributed by atoms with Crippen LogP contribution in [0.15, 0.2) is 20.4 Å². The Labute approximate surface area is 126 Å². The Hall–Kier alpha value is -2.57. The minimum atomic E-state index is -0.864. The number of aromatic hydroxyl groups is 1. The molecule has 3 N–H and O–H groups in total. The van der Waals surface area contributed by atoms with Crippen LogP contribution in [0.4, 0.5) is 0 Å².